The van der Waals surface area contributed by atoms with E-state index in [2.05, 4.69) is 12.2 Å². The minimum absolute atomic E-state index is 0.360. The maximum absolute atomic E-state index is 10.1. The van der Waals surface area contributed by atoms with E-state index in [4.69, 9.17) is 4.74 Å². The average molecular weight is 301 g/mol. The molecule has 2 rings (SSSR count). The Labute approximate surface area is 128 Å². The van der Waals surface area contributed by atoms with Gasteiger partial charge in [0.25, 0.3) is 0 Å². The summed E-state index contributed by atoms with van der Waals surface area (Å²) in [6, 6.07) is 0.585. The molecule has 0 spiro atoms. The number of hydrogen-bond acceptors (Lipinski definition) is 4. The van der Waals surface area contributed by atoms with Gasteiger partial charge in [-0.05, 0) is 37.4 Å². The van der Waals surface area contributed by atoms with Gasteiger partial charge in [0.2, 0.25) is 0 Å². The van der Waals surface area contributed by atoms with Crippen molar-refractivity contribution < 1.29 is 9.84 Å². The van der Waals surface area contributed by atoms with Crippen LogP contribution in [0.5, 0.6) is 0 Å². The third-order valence-corrected chi connectivity index (χ3v) is 5.88. The summed E-state index contributed by atoms with van der Waals surface area (Å²) >= 11 is 2.02. The summed E-state index contributed by atoms with van der Waals surface area (Å²) in [5, 5.41) is 13.6. The van der Waals surface area contributed by atoms with E-state index in [0.717, 1.165) is 0 Å². The standard InChI is InChI=1S/C16H31NO2S/c1-2-13-6-3-4-8-16(13)19-11-15(18)10-17-14-7-5-9-20-12-14/h13-18H,2-12H2,1H3. The average Bonchev–Trinajstić information content (AvgIpc) is 2.52. The molecule has 4 heteroatoms. The van der Waals surface area contributed by atoms with Crippen LogP contribution in [0.15, 0.2) is 0 Å². The van der Waals surface area contributed by atoms with Crippen molar-refractivity contribution in [2.75, 3.05) is 24.7 Å². The van der Waals surface area contributed by atoms with Gasteiger partial charge in [-0.25, -0.2) is 0 Å². The molecule has 3 nitrogen and oxygen atoms in total. The van der Waals surface area contributed by atoms with E-state index in [1.54, 1.807) is 0 Å². The van der Waals surface area contributed by atoms with Crippen LogP contribution in [0.2, 0.25) is 0 Å². The molecule has 1 aliphatic carbocycles. The van der Waals surface area contributed by atoms with Crippen molar-refractivity contribution in [2.24, 2.45) is 5.92 Å². The highest BCUT2D eigenvalue weighted by Crippen LogP contribution is 2.29. The third kappa shape index (κ3) is 5.55. The number of nitrogens with one attached hydrogen (secondary N) is 1. The Balaban J connectivity index is 1.59. The van der Waals surface area contributed by atoms with Crippen LogP contribution >= 0.6 is 11.8 Å². The van der Waals surface area contributed by atoms with Gasteiger partial charge >= 0.3 is 0 Å². The predicted octanol–water partition coefficient (Wildman–Crippen LogP) is 2.82. The fourth-order valence-corrected chi connectivity index (χ4v) is 4.46. The van der Waals surface area contributed by atoms with E-state index in [1.165, 1.54) is 56.5 Å². The molecular weight excluding hydrogens is 270 g/mol. The van der Waals surface area contributed by atoms with Crippen LogP contribution in [-0.4, -0.2) is 48.0 Å². The monoisotopic (exact) mass is 301 g/mol. The summed E-state index contributed by atoms with van der Waals surface area (Å²) in [4.78, 5) is 0. The molecule has 2 fully saturated rings. The second-order valence-corrected chi connectivity index (χ2v) is 7.45. The largest absolute Gasteiger partial charge is 0.389 e. The van der Waals surface area contributed by atoms with E-state index in [1.807, 2.05) is 11.8 Å². The first-order chi connectivity index (χ1) is 9.79. The van der Waals surface area contributed by atoms with Gasteiger partial charge in [-0.1, -0.05) is 26.2 Å². The molecule has 1 saturated carbocycles. The Bertz CT molecular complexity index is 259. The van der Waals surface area contributed by atoms with Crippen LogP contribution in [0.3, 0.4) is 0 Å². The van der Waals surface area contributed by atoms with E-state index in [9.17, 15) is 5.11 Å². The molecule has 0 amide bonds. The highest BCUT2D eigenvalue weighted by Gasteiger charge is 2.25. The molecule has 4 unspecified atom stereocenters. The first kappa shape index (κ1) is 16.6. The number of hydrogen-bond donors (Lipinski definition) is 2. The van der Waals surface area contributed by atoms with Crippen LogP contribution in [0.1, 0.15) is 51.9 Å². The molecule has 1 saturated heterocycles. The lowest BCUT2D eigenvalue weighted by Crippen LogP contribution is -2.41. The summed E-state index contributed by atoms with van der Waals surface area (Å²) < 4.78 is 5.99. The van der Waals surface area contributed by atoms with Gasteiger partial charge in [0.1, 0.15) is 0 Å². The highest BCUT2D eigenvalue weighted by atomic mass is 32.2. The van der Waals surface area contributed by atoms with Crippen LogP contribution in [0.25, 0.3) is 0 Å². The van der Waals surface area contributed by atoms with Gasteiger partial charge in [-0.3, -0.25) is 0 Å². The van der Waals surface area contributed by atoms with Crippen molar-refractivity contribution in [3.8, 4) is 0 Å². The van der Waals surface area contributed by atoms with E-state index >= 15 is 0 Å². The Kier molecular flexibility index (Phi) is 7.71. The molecule has 1 aliphatic heterocycles. The lowest BCUT2D eigenvalue weighted by Gasteiger charge is -2.31. The molecule has 0 aromatic carbocycles. The summed E-state index contributed by atoms with van der Waals surface area (Å²) in [6.45, 7) is 3.42. The molecule has 118 valence electrons. The topological polar surface area (TPSA) is 41.5 Å². The summed E-state index contributed by atoms with van der Waals surface area (Å²) in [5.74, 6) is 3.19. The summed E-state index contributed by atoms with van der Waals surface area (Å²) in [5.41, 5.74) is 0. The zero-order valence-electron chi connectivity index (χ0n) is 12.9. The molecule has 1 heterocycles. The molecule has 0 aromatic rings. The number of aliphatic hydroxyl groups excluding tert-OH is 1. The van der Waals surface area contributed by atoms with Gasteiger partial charge in [0.15, 0.2) is 0 Å². The fraction of sp³-hybridized carbons (Fsp3) is 1.00. The molecule has 20 heavy (non-hydrogen) atoms. The summed E-state index contributed by atoms with van der Waals surface area (Å²) in [6.07, 6.45) is 8.90. The number of ether oxygens (including phenoxy) is 1. The molecule has 2 N–H and O–H groups in total. The van der Waals surface area contributed by atoms with Crippen molar-refractivity contribution in [2.45, 2.75) is 70.1 Å². The van der Waals surface area contributed by atoms with Crippen LogP contribution < -0.4 is 5.32 Å². The lowest BCUT2D eigenvalue weighted by molar-refractivity contribution is -0.0502. The second kappa shape index (κ2) is 9.29. The van der Waals surface area contributed by atoms with Crippen LogP contribution in [0, 0.1) is 5.92 Å². The van der Waals surface area contributed by atoms with E-state index < -0.39 is 0 Å². The predicted molar refractivity (Wildman–Crippen MR) is 86.3 cm³/mol. The van der Waals surface area contributed by atoms with Crippen molar-refractivity contribution in [3.05, 3.63) is 0 Å². The van der Waals surface area contributed by atoms with Gasteiger partial charge < -0.3 is 15.2 Å². The second-order valence-electron chi connectivity index (χ2n) is 6.30. The zero-order valence-corrected chi connectivity index (χ0v) is 13.7. The van der Waals surface area contributed by atoms with Gasteiger partial charge in [0, 0.05) is 18.3 Å². The maximum Gasteiger partial charge on any atom is 0.0897 e. The van der Waals surface area contributed by atoms with Crippen molar-refractivity contribution in [1.29, 1.82) is 0 Å². The smallest absolute Gasteiger partial charge is 0.0897 e. The minimum atomic E-state index is -0.360. The van der Waals surface area contributed by atoms with Crippen molar-refractivity contribution in [3.63, 3.8) is 0 Å². The van der Waals surface area contributed by atoms with E-state index in [-0.39, 0.29) is 6.10 Å². The van der Waals surface area contributed by atoms with Crippen LogP contribution in [0.4, 0.5) is 0 Å². The number of aliphatic hydroxyl groups is 1. The Morgan fingerprint density at radius 1 is 1.25 bits per heavy atom. The summed E-state index contributed by atoms with van der Waals surface area (Å²) in [7, 11) is 0. The molecule has 0 bridgehead atoms. The number of rotatable bonds is 7. The highest BCUT2D eigenvalue weighted by molar-refractivity contribution is 7.99. The first-order valence-corrected chi connectivity index (χ1v) is 9.56. The van der Waals surface area contributed by atoms with Gasteiger partial charge in [-0.2, -0.15) is 11.8 Å². The lowest BCUT2D eigenvalue weighted by atomic mass is 9.85. The molecule has 0 radical (unpaired) electrons. The first-order valence-electron chi connectivity index (χ1n) is 8.40. The van der Waals surface area contributed by atoms with Crippen molar-refractivity contribution in [1.82, 2.24) is 5.32 Å². The third-order valence-electron chi connectivity index (χ3n) is 4.67. The Morgan fingerprint density at radius 3 is 2.85 bits per heavy atom. The SMILES string of the molecule is CCC1CCCCC1OCC(O)CNC1CCCSC1. The quantitative estimate of drug-likeness (QED) is 0.759. The van der Waals surface area contributed by atoms with Gasteiger partial charge in [-0.15, -0.1) is 0 Å². The Hall–Kier alpha value is 0.230. The fourth-order valence-electron chi connectivity index (χ4n) is 3.36. The molecular formula is C16H31NO2S. The van der Waals surface area contributed by atoms with Crippen LogP contribution in [-0.2, 0) is 4.74 Å². The minimum Gasteiger partial charge on any atom is -0.389 e. The number of thioether (sulfide) groups is 1. The normalized spacial score (nSPS) is 33.0. The maximum atomic E-state index is 10.1. The van der Waals surface area contributed by atoms with E-state index in [0.29, 0.717) is 31.2 Å². The van der Waals surface area contributed by atoms with Gasteiger partial charge in [0.05, 0.1) is 18.8 Å². The zero-order chi connectivity index (χ0) is 14.2. The Morgan fingerprint density at radius 2 is 2.10 bits per heavy atom. The molecule has 2 aliphatic rings. The molecule has 0 aromatic heterocycles. The van der Waals surface area contributed by atoms with Crippen molar-refractivity contribution >= 4 is 11.8 Å². The molecule has 4 atom stereocenters.